The standard InChI is InChI=1S/C55H50/c1-3-15-37(16-4-1)35-55(36-38-17-5-2-6-18-38)51-33-43(53-45-23-11-7-19-39(45)31-40-20-8-12-24-46(40)53)27-29-49(51)50-30-28-44(34-52(50)55)54-47-25-13-9-21-41(47)32-42-22-10-14-26-48(42)54/h7-14,19-34,37-38H,1-6,15-18,35-36H2. The van der Waals surface area contributed by atoms with Gasteiger partial charge in [-0.15, -0.1) is 0 Å². The molecular weight excluding hydrogens is 661 g/mol. The summed E-state index contributed by atoms with van der Waals surface area (Å²) in [7, 11) is 0. The molecular formula is C55H50. The molecule has 0 saturated heterocycles. The van der Waals surface area contributed by atoms with Gasteiger partial charge in [-0.1, -0.05) is 186 Å². The van der Waals surface area contributed by atoms with E-state index in [1.807, 2.05) is 0 Å². The number of rotatable bonds is 6. The van der Waals surface area contributed by atoms with E-state index < -0.39 is 0 Å². The second kappa shape index (κ2) is 13.5. The molecule has 3 aliphatic carbocycles. The first-order valence-electron chi connectivity index (χ1n) is 21.3. The van der Waals surface area contributed by atoms with Crippen LogP contribution in [0.3, 0.4) is 0 Å². The zero-order valence-electron chi connectivity index (χ0n) is 32.0. The summed E-state index contributed by atoms with van der Waals surface area (Å²) < 4.78 is 0. The Bertz CT molecular complexity index is 2430. The Kier molecular flexibility index (Phi) is 8.15. The minimum absolute atomic E-state index is 0.0124. The Labute approximate surface area is 326 Å². The van der Waals surface area contributed by atoms with Crippen molar-refractivity contribution in [2.45, 2.75) is 82.5 Å². The summed E-state index contributed by atoms with van der Waals surface area (Å²) in [4.78, 5) is 0. The van der Waals surface area contributed by atoms with Crippen LogP contribution in [-0.2, 0) is 5.41 Å². The summed E-state index contributed by atoms with van der Waals surface area (Å²) in [6.45, 7) is 0. The third-order valence-corrected chi connectivity index (χ3v) is 14.2. The van der Waals surface area contributed by atoms with Crippen molar-refractivity contribution in [3.05, 3.63) is 157 Å². The van der Waals surface area contributed by atoms with Crippen molar-refractivity contribution in [3.8, 4) is 33.4 Å². The van der Waals surface area contributed by atoms with Crippen LogP contribution < -0.4 is 0 Å². The normalized spacial score (nSPS) is 17.2. The van der Waals surface area contributed by atoms with E-state index in [0.717, 1.165) is 11.8 Å². The number of benzene rings is 8. The molecule has 0 heteroatoms. The first kappa shape index (κ1) is 33.2. The van der Waals surface area contributed by atoms with Gasteiger partial charge in [-0.2, -0.15) is 0 Å². The first-order valence-corrected chi connectivity index (χ1v) is 21.3. The highest BCUT2D eigenvalue weighted by molar-refractivity contribution is 6.14. The number of fused-ring (bicyclic) bond motifs is 7. The number of hydrogen-bond acceptors (Lipinski definition) is 0. The molecule has 2 fully saturated rings. The monoisotopic (exact) mass is 710 g/mol. The highest BCUT2D eigenvalue weighted by atomic mass is 14.5. The van der Waals surface area contributed by atoms with E-state index in [4.69, 9.17) is 0 Å². The quantitative estimate of drug-likeness (QED) is 0.151. The zero-order valence-corrected chi connectivity index (χ0v) is 32.0. The molecule has 0 unspecified atom stereocenters. The van der Waals surface area contributed by atoms with Crippen LogP contribution in [0.5, 0.6) is 0 Å². The Morgan fingerprint density at radius 1 is 0.364 bits per heavy atom. The van der Waals surface area contributed by atoms with E-state index in [1.165, 1.54) is 154 Å². The van der Waals surface area contributed by atoms with Crippen LogP contribution in [0.2, 0.25) is 0 Å². The van der Waals surface area contributed by atoms with Gasteiger partial charge in [0.2, 0.25) is 0 Å². The smallest absolute Gasteiger partial charge is 0.0220 e. The van der Waals surface area contributed by atoms with Crippen LogP contribution in [0.4, 0.5) is 0 Å². The highest BCUT2D eigenvalue weighted by Gasteiger charge is 2.46. The average Bonchev–Trinajstić information content (AvgIpc) is 3.49. The SMILES string of the molecule is c1ccc2c(-c3ccc4c(c3)C(CC3CCCCC3)(CC3CCCCC3)c3cc(-c5c6ccccc6cc6ccccc56)ccc3-4)c3ccccc3cc2c1. The largest absolute Gasteiger partial charge is 0.0616 e. The lowest BCUT2D eigenvalue weighted by atomic mass is 9.63. The van der Waals surface area contributed by atoms with Gasteiger partial charge in [-0.25, -0.2) is 0 Å². The topological polar surface area (TPSA) is 0 Å². The molecule has 270 valence electrons. The van der Waals surface area contributed by atoms with Gasteiger partial charge in [-0.3, -0.25) is 0 Å². The molecule has 0 amide bonds. The van der Waals surface area contributed by atoms with Gasteiger partial charge in [0.25, 0.3) is 0 Å². The first-order chi connectivity index (χ1) is 27.2. The van der Waals surface area contributed by atoms with Gasteiger partial charge >= 0.3 is 0 Å². The lowest BCUT2D eigenvalue weighted by molar-refractivity contribution is 0.226. The minimum Gasteiger partial charge on any atom is -0.0616 e. The maximum atomic E-state index is 2.70. The molecule has 0 spiro atoms. The van der Waals surface area contributed by atoms with Crippen LogP contribution in [0.1, 0.15) is 88.2 Å². The summed E-state index contributed by atoms with van der Waals surface area (Å²) in [6, 6.07) is 56.3. The molecule has 3 aliphatic rings. The second-order valence-electron chi connectivity index (χ2n) is 17.4. The van der Waals surface area contributed by atoms with Crippen molar-refractivity contribution in [2.24, 2.45) is 11.8 Å². The van der Waals surface area contributed by atoms with Crippen LogP contribution in [-0.4, -0.2) is 0 Å². The molecule has 2 saturated carbocycles. The summed E-state index contributed by atoms with van der Waals surface area (Å²) in [5.41, 5.74) is 11.7. The second-order valence-corrected chi connectivity index (χ2v) is 17.4. The van der Waals surface area contributed by atoms with Crippen molar-refractivity contribution >= 4 is 43.1 Å². The van der Waals surface area contributed by atoms with Gasteiger partial charge < -0.3 is 0 Å². The third-order valence-electron chi connectivity index (χ3n) is 14.2. The fourth-order valence-corrected chi connectivity index (χ4v) is 11.7. The molecule has 0 nitrogen and oxygen atoms in total. The van der Waals surface area contributed by atoms with Crippen LogP contribution >= 0.6 is 0 Å². The predicted octanol–water partition coefficient (Wildman–Crippen LogP) is 15.8. The molecule has 11 rings (SSSR count). The van der Waals surface area contributed by atoms with Crippen LogP contribution in [0.15, 0.2) is 146 Å². The van der Waals surface area contributed by atoms with Gasteiger partial charge in [-0.05, 0) is 137 Å². The van der Waals surface area contributed by atoms with E-state index >= 15 is 0 Å². The molecule has 0 aliphatic heterocycles. The Hall–Kier alpha value is -5.20. The lowest BCUT2D eigenvalue weighted by Gasteiger charge is -2.40. The van der Waals surface area contributed by atoms with Crippen molar-refractivity contribution in [1.29, 1.82) is 0 Å². The summed E-state index contributed by atoms with van der Waals surface area (Å²) in [5.74, 6) is 1.53. The van der Waals surface area contributed by atoms with Crippen molar-refractivity contribution < 1.29 is 0 Å². The third kappa shape index (κ3) is 5.55. The summed E-state index contributed by atoms with van der Waals surface area (Å²) in [6.07, 6.45) is 16.4. The predicted molar refractivity (Wildman–Crippen MR) is 236 cm³/mol. The van der Waals surface area contributed by atoms with Crippen molar-refractivity contribution in [1.82, 2.24) is 0 Å². The fourth-order valence-electron chi connectivity index (χ4n) is 11.7. The van der Waals surface area contributed by atoms with E-state index in [2.05, 4.69) is 146 Å². The van der Waals surface area contributed by atoms with Gasteiger partial charge in [0.15, 0.2) is 0 Å². The van der Waals surface area contributed by atoms with E-state index in [1.54, 1.807) is 11.1 Å². The molecule has 8 aromatic carbocycles. The maximum Gasteiger partial charge on any atom is 0.0220 e. The van der Waals surface area contributed by atoms with Crippen LogP contribution in [0, 0.1) is 11.8 Å². The lowest BCUT2D eigenvalue weighted by Crippen LogP contribution is -2.32. The molecule has 55 heavy (non-hydrogen) atoms. The molecule has 0 radical (unpaired) electrons. The zero-order chi connectivity index (χ0) is 36.3. The molecule has 8 aromatic rings. The van der Waals surface area contributed by atoms with Gasteiger partial charge in [0, 0.05) is 5.41 Å². The molecule has 0 bridgehead atoms. The average molecular weight is 711 g/mol. The maximum absolute atomic E-state index is 2.70. The summed E-state index contributed by atoms with van der Waals surface area (Å²) in [5, 5.41) is 10.7. The number of hydrogen-bond donors (Lipinski definition) is 0. The van der Waals surface area contributed by atoms with Gasteiger partial charge in [0.05, 0.1) is 0 Å². The molecule has 0 atom stereocenters. The van der Waals surface area contributed by atoms with Crippen molar-refractivity contribution in [3.63, 3.8) is 0 Å². The highest BCUT2D eigenvalue weighted by Crippen LogP contribution is 2.59. The Morgan fingerprint density at radius 3 is 1.07 bits per heavy atom. The minimum atomic E-state index is -0.0124. The van der Waals surface area contributed by atoms with Crippen molar-refractivity contribution in [2.75, 3.05) is 0 Å². The Morgan fingerprint density at radius 2 is 0.709 bits per heavy atom. The summed E-state index contributed by atoms with van der Waals surface area (Å²) >= 11 is 0. The van der Waals surface area contributed by atoms with Crippen LogP contribution in [0.25, 0.3) is 76.5 Å². The molecule has 0 N–H and O–H groups in total. The Balaban J connectivity index is 1.18. The molecule has 0 aromatic heterocycles. The van der Waals surface area contributed by atoms with E-state index in [-0.39, 0.29) is 5.41 Å². The van der Waals surface area contributed by atoms with E-state index in [9.17, 15) is 0 Å². The van der Waals surface area contributed by atoms with E-state index in [0.29, 0.717) is 0 Å². The van der Waals surface area contributed by atoms with Gasteiger partial charge in [0.1, 0.15) is 0 Å². The fraction of sp³-hybridized carbons (Fsp3) is 0.273. The molecule has 0 heterocycles.